The maximum atomic E-state index is 12.7. The number of imidazole rings is 1. The molecule has 8 heteroatoms. The van der Waals surface area contributed by atoms with Gasteiger partial charge in [-0.15, -0.1) is 0 Å². The van der Waals surface area contributed by atoms with Crippen molar-refractivity contribution in [1.29, 1.82) is 0 Å². The van der Waals surface area contributed by atoms with Gasteiger partial charge in [-0.25, -0.2) is 4.98 Å². The molecule has 3 aromatic carbocycles. The van der Waals surface area contributed by atoms with E-state index in [1.165, 1.54) is 0 Å². The Labute approximate surface area is 222 Å². The zero-order valence-electron chi connectivity index (χ0n) is 21.6. The van der Waals surface area contributed by atoms with Gasteiger partial charge in [0, 0.05) is 30.1 Å². The van der Waals surface area contributed by atoms with E-state index >= 15 is 0 Å². The Morgan fingerprint density at radius 3 is 2.46 bits per heavy atom. The summed E-state index contributed by atoms with van der Waals surface area (Å²) in [6.07, 6.45) is 1.41. The third-order valence-electron chi connectivity index (χ3n) is 6.22. The molecule has 1 N–H and O–H groups in total. The summed E-state index contributed by atoms with van der Waals surface area (Å²) in [5.41, 5.74) is 4.54. The van der Waals surface area contributed by atoms with Crippen LogP contribution in [0.5, 0.6) is 17.2 Å². The predicted octanol–water partition coefficient (Wildman–Crippen LogP) is 5.77. The Bertz CT molecular complexity index is 1380. The van der Waals surface area contributed by atoms with Crippen LogP contribution in [-0.4, -0.2) is 42.8 Å². The number of amides is 1. The third-order valence-corrected chi connectivity index (χ3v) is 6.81. The van der Waals surface area contributed by atoms with Crippen molar-refractivity contribution >= 4 is 28.5 Å². The predicted molar refractivity (Wildman–Crippen MR) is 146 cm³/mol. The van der Waals surface area contributed by atoms with Crippen LogP contribution in [0.25, 0.3) is 11.0 Å². The SMILES string of the molecule is COc1ccc(C(=O)NCCc2nc3ccccc3n2CCCOc2cc(C)c(Cl)c(C)c2)cc1OC. The summed E-state index contributed by atoms with van der Waals surface area (Å²) in [4.78, 5) is 17.5. The van der Waals surface area contributed by atoms with E-state index in [4.69, 9.17) is 30.8 Å². The van der Waals surface area contributed by atoms with E-state index in [1.807, 2.05) is 44.2 Å². The molecular formula is C29H32ClN3O4. The van der Waals surface area contributed by atoms with E-state index < -0.39 is 0 Å². The number of methoxy groups -OCH3 is 2. The van der Waals surface area contributed by atoms with Gasteiger partial charge in [-0.2, -0.15) is 0 Å². The van der Waals surface area contributed by atoms with E-state index in [9.17, 15) is 4.79 Å². The number of aryl methyl sites for hydroxylation is 3. The molecule has 1 heterocycles. The number of carbonyl (C=O) groups is 1. The number of halogens is 1. The van der Waals surface area contributed by atoms with E-state index in [2.05, 4.69) is 16.0 Å². The zero-order chi connectivity index (χ0) is 26.4. The average Bonchev–Trinajstić information content (AvgIpc) is 3.26. The number of nitrogens with one attached hydrogen (secondary N) is 1. The minimum absolute atomic E-state index is 0.175. The maximum absolute atomic E-state index is 12.7. The first-order valence-electron chi connectivity index (χ1n) is 12.2. The topological polar surface area (TPSA) is 74.6 Å². The van der Waals surface area contributed by atoms with E-state index in [0.29, 0.717) is 36.6 Å². The Hall–Kier alpha value is -3.71. The van der Waals surface area contributed by atoms with Gasteiger partial charge in [0.15, 0.2) is 11.5 Å². The fourth-order valence-electron chi connectivity index (χ4n) is 4.34. The first kappa shape index (κ1) is 26.4. The van der Waals surface area contributed by atoms with Crippen LogP contribution in [0.4, 0.5) is 0 Å². The first-order valence-corrected chi connectivity index (χ1v) is 12.6. The molecule has 0 saturated heterocycles. The summed E-state index contributed by atoms with van der Waals surface area (Å²) in [6, 6.07) is 17.1. The Morgan fingerprint density at radius 1 is 1.00 bits per heavy atom. The van der Waals surface area contributed by atoms with E-state index in [0.717, 1.165) is 51.7 Å². The molecule has 0 radical (unpaired) electrons. The van der Waals surface area contributed by atoms with E-state index in [1.54, 1.807) is 32.4 Å². The molecule has 0 aliphatic carbocycles. The number of carbonyl (C=O) groups excluding carboxylic acids is 1. The van der Waals surface area contributed by atoms with Crippen molar-refractivity contribution in [3.8, 4) is 17.2 Å². The molecule has 0 fully saturated rings. The van der Waals surface area contributed by atoms with Crippen LogP contribution in [0.1, 0.15) is 33.7 Å². The van der Waals surface area contributed by atoms with Crippen molar-refractivity contribution in [2.45, 2.75) is 33.2 Å². The molecule has 0 aliphatic heterocycles. The maximum Gasteiger partial charge on any atom is 0.251 e. The van der Waals surface area contributed by atoms with Crippen LogP contribution < -0.4 is 19.5 Å². The van der Waals surface area contributed by atoms with Crippen molar-refractivity contribution < 1.29 is 19.0 Å². The number of nitrogens with zero attached hydrogens (tertiary/aromatic N) is 2. The summed E-state index contributed by atoms with van der Waals surface area (Å²) in [7, 11) is 3.11. The van der Waals surface area contributed by atoms with Crippen molar-refractivity contribution in [1.82, 2.24) is 14.9 Å². The van der Waals surface area contributed by atoms with Gasteiger partial charge in [0.05, 0.1) is 31.9 Å². The third kappa shape index (κ3) is 6.17. The first-order chi connectivity index (χ1) is 17.9. The Morgan fingerprint density at radius 2 is 1.73 bits per heavy atom. The summed E-state index contributed by atoms with van der Waals surface area (Å²) in [5, 5.41) is 3.77. The number of aromatic nitrogens is 2. The lowest BCUT2D eigenvalue weighted by atomic mass is 10.1. The fourth-order valence-corrected chi connectivity index (χ4v) is 4.44. The van der Waals surface area contributed by atoms with E-state index in [-0.39, 0.29) is 5.91 Å². The van der Waals surface area contributed by atoms with Gasteiger partial charge in [-0.1, -0.05) is 23.7 Å². The average molecular weight is 522 g/mol. The van der Waals surface area contributed by atoms with Gasteiger partial charge in [-0.3, -0.25) is 4.79 Å². The van der Waals surface area contributed by atoms with Crippen molar-refractivity contribution in [3.63, 3.8) is 0 Å². The zero-order valence-corrected chi connectivity index (χ0v) is 22.4. The second kappa shape index (κ2) is 12.0. The summed E-state index contributed by atoms with van der Waals surface area (Å²) >= 11 is 6.27. The van der Waals surface area contributed by atoms with Gasteiger partial charge in [0.25, 0.3) is 5.91 Å². The molecule has 7 nitrogen and oxygen atoms in total. The van der Waals surface area contributed by atoms with Gasteiger partial charge < -0.3 is 24.1 Å². The standard InChI is InChI=1S/C29H32ClN3O4/c1-19-16-22(17-20(2)28(19)30)37-15-7-14-33-24-9-6-5-8-23(24)32-27(33)12-13-31-29(34)21-10-11-25(35-3)26(18-21)36-4/h5-6,8-11,16-18H,7,12-15H2,1-4H3,(H,31,34). The van der Waals surface area contributed by atoms with Crippen LogP contribution >= 0.6 is 11.6 Å². The van der Waals surface area contributed by atoms with Crippen molar-refractivity contribution in [2.75, 3.05) is 27.4 Å². The molecular weight excluding hydrogens is 490 g/mol. The molecule has 0 bridgehead atoms. The van der Waals surface area contributed by atoms with Crippen molar-refractivity contribution in [3.05, 3.63) is 82.1 Å². The molecule has 0 saturated carbocycles. The van der Waals surface area contributed by atoms with Crippen LogP contribution in [0, 0.1) is 13.8 Å². The molecule has 1 amide bonds. The minimum Gasteiger partial charge on any atom is -0.494 e. The molecule has 194 valence electrons. The van der Waals surface area contributed by atoms with Crippen LogP contribution in [-0.2, 0) is 13.0 Å². The van der Waals surface area contributed by atoms with Gasteiger partial charge in [0.2, 0.25) is 0 Å². The number of rotatable bonds is 11. The highest BCUT2D eigenvalue weighted by Gasteiger charge is 2.13. The van der Waals surface area contributed by atoms with Crippen LogP contribution in [0.3, 0.4) is 0 Å². The van der Waals surface area contributed by atoms with Crippen molar-refractivity contribution in [2.24, 2.45) is 0 Å². The number of hydrogen-bond acceptors (Lipinski definition) is 5. The number of benzene rings is 3. The summed E-state index contributed by atoms with van der Waals surface area (Å²) in [6.45, 7) is 5.75. The number of hydrogen-bond donors (Lipinski definition) is 1. The van der Waals surface area contributed by atoms with Gasteiger partial charge in [0.1, 0.15) is 11.6 Å². The monoisotopic (exact) mass is 521 g/mol. The highest BCUT2D eigenvalue weighted by molar-refractivity contribution is 6.32. The summed E-state index contributed by atoms with van der Waals surface area (Å²) < 4.78 is 18.8. The molecule has 0 aliphatic rings. The molecule has 4 aromatic rings. The highest BCUT2D eigenvalue weighted by atomic mass is 35.5. The molecule has 0 atom stereocenters. The lowest BCUT2D eigenvalue weighted by Crippen LogP contribution is -2.26. The summed E-state index contributed by atoms with van der Waals surface area (Å²) in [5.74, 6) is 2.67. The quantitative estimate of drug-likeness (QED) is 0.254. The van der Waals surface area contributed by atoms with Gasteiger partial charge in [-0.05, 0) is 73.9 Å². The second-order valence-electron chi connectivity index (χ2n) is 8.82. The lowest BCUT2D eigenvalue weighted by molar-refractivity contribution is 0.0953. The molecule has 0 spiro atoms. The Kier molecular flexibility index (Phi) is 8.56. The molecule has 37 heavy (non-hydrogen) atoms. The Balaban J connectivity index is 1.38. The largest absolute Gasteiger partial charge is 0.494 e. The van der Waals surface area contributed by atoms with Crippen LogP contribution in [0.15, 0.2) is 54.6 Å². The number of fused-ring (bicyclic) bond motifs is 1. The van der Waals surface area contributed by atoms with Gasteiger partial charge >= 0.3 is 0 Å². The molecule has 1 aromatic heterocycles. The number of para-hydroxylation sites is 2. The normalized spacial score (nSPS) is 10.9. The lowest BCUT2D eigenvalue weighted by Gasteiger charge is -2.13. The number of ether oxygens (including phenoxy) is 3. The highest BCUT2D eigenvalue weighted by Crippen LogP contribution is 2.28. The molecule has 0 unspecified atom stereocenters. The smallest absolute Gasteiger partial charge is 0.251 e. The minimum atomic E-state index is -0.175. The molecule has 4 rings (SSSR count). The second-order valence-corrected chi connectivity index (χ2v) is 9.20. The fraction of sp³-hybridized carbons (Fsp3) is 0.310. The van der Waals surface area contributed by atoms with Crippen LogP contribution in [0.2, 0.25) is 5.02 Å².